The predicted octanol–water partition coefficient (Wildman–Crippen LogP) is 3.83. The number of Topliss-reactive ketones (excluding diaryl/α,β-unsaturated/α-hetero) is 2. The van der Waals surface area contributed by atoms with Crippen LogP contribution in [-0.4, -0.2) is 54.0 Å². The third-order valence-electron chi connectivity index (χ3n) is 2.52. The third-order valence-corrected chi connectivity index (χ3v) is 2.52. The molecule has 0 aliphatic heterocycles. The fraction of sp³-hybridized carbons (Fsp3) is 0.778. The fourth-order valence-electron chi connectivity index (χ4n) is 1.07. The molecule has 0 aliphatic rings. The van der Waals surface area contributed by atoms with E-state index in [-0.39, 0.29) is 0 Å². The maximum atomic E-state index is 13.0. The quantitative estimate of drug-likeness (QED) is 0.474. The molecule has 0 radical (unpaired) electrons. The zero-order valence-electron chi connectivity index (χ0n) is 10.8. The van der Waals surface area contributed by atoms with Crippen molar-refractivity contribution in [2.75, 3.05) is 6.67 Å². The van der Waals surface area contributed by atoms with Gasteiger partial charge in [0.15, 0.2) is 6.67 Å². The van der Waals surface area contributed by atoms with E-state index in [1.54, 1.807) is 0 Å². The van der Waals surface area contributed by atoms with Gasteiger partial charge in [-0.2, -0.15) is 57.1 Å². The van der Waals surface area contributed by atoms with E-state index in [9.17, 15) is 71.1 Å². The van der Waals surface area contributed by atoms with Crippen LogP contribution in [0, 0.1) is 0 Å². The maximum absolute atomic E-state index is 13.0. The van der Waals surface area contributed by atoms with Gasteiger partial charge in [-0.1, -0.05) is 0 Å². The summed E-state index contributed by atoms with van der Waals surface area (Å²) in [5, 5.41) is 0. The number of hydrogen-bond acceptors (Lipinski definition) is 2. The number of alkyl halides is 14. The van der Waals surface area contributed by atoms with Gasteiger partial charge in [0.05, 0.1) is 0 Å². The van der Waals surface area contributed by atoms with Crippen LogP contribution in [0.3, 0.4) is 0 Å². The molecule has 25 heavy (non-hydrogen) atoms. The molecule has 0 N–H and O–H groups in total. The van der Waals surface area contributed by atoms with E-state index in [0.29, 0.717) is 0 Å². The standard InChI is InChI=1S/C9H2F14O2/c10-1-4(11,12)6(15,16)2(24)5(13,14)3(25)7(17,18)8(19,20)9(21,22)23/h1H2. The second-order valence-corrected chi connectivity index (χ2v) is 4.29. The first kappa shape index (κ1) is 23.4. The zero-order valence-corrected chi connectivity index (χ0v) is 10.8. The van der Waals surface area contributed by atoms with E-state index >= 15 is 0 Å². The van der Waals surface area contributed by atoms with Crippen LogP contribution in [0.1, 0.15) is 0 Å². The van der Waals surface area contributed by atoms with Crippen molar-refractivity contribution in [3.63, 3.8) is 0 Å². The number of hydrogen-bond donors (Lipinski definition) is 0. The SMILES string of the molecule is O=C(C(F)(F)C(=O)C(F)(F)C(F)(F)C(F)(F)F)C(F)(F)C(F)(F)CF. The second kappa shape index (κ2) is 5.96. The third kappa shape index (κ3) is 3.38. The lowest BCUT2D eigenvalue weighted by Crippen LogP contribution is -2.65. The Morgan fingerprint density at radius 2 is 0.920 bits per heavy atom. The summed E-state index contributed by atoms with van der Waals surface area (Å²) < 4.78 is 173. The second-order valence-electron chi connectivity index (χ2n) is 4.29. The molecule has 148 valence electrons. The van der Waals surface area contributed by atoms with Crippen molar-refractivity contribution in [2.45, 2.75) is 35.8 Å². The highest BCUT2D eigenvalue weighted by molar-refractivity contribution is 6.14. The summed E-state index contributed by atoms with van der Waals surface area (Å²) in [6.07, 6.45) is -7.36. The predicted molar refractivity (Wildman–Crippen MR) is 46.8 cm³/mol. The minimum Gasteiger partial charge on any atom is -0.285 e. The van der Waals surface area contributed by atoms with Crippen molar-refractivity contribution >= 4 is 11.6 Å². The summed E-state index contributed by atoms with van der Waals surface area (Å²) in [7, 11) is 0. The molecule has 16 heteroatoms. The van der Waals surface area contributed by atoms with Gasteiger partial charge in [-0.25, -0.2) is 4.39 Å². The molecule has 0 unspecified atom stereocenters. The monoisotopic (exact) mass is 408 g/mol. The highest BCUT2D eigenvalue weighted by Crippen LogP contribution is 2.50. The Labute approximate surface area is 126 Å². The summed E-state index contributed by atoms with van der Waals surface area (Å²) in [5.74, 6) is -45.2. The molecule has 0 aromatic carbocycles. The summed E-state index contributed by atoms with van der Waals surface area (Å²) in [6.45, 7) is -3.54. The maximum Gasteiger partial charge on any atom is 0.460 e. The molecule has 0 fully saturated rings. The number of rotatable bonds is 7. The summed E-state index contributed by atoms with van der Waals surface area (Å²) in [4.78, 5) is 21.0. The normalized spacial score (nSPS) is 15.3. The van der Waals surface area contributed by atoms with Crippen LogP contribution >= 0.6 is 0 Å². The van der Waals surface area contributed by atoms with Crippen LogP contribution in [0.25, 0.3) is 0 Å². The molecule has 0 aliphatic carbocycles. The summed E-state index contributed by atoms with van der Waals surface area (Å²) in [5.41, 5.74) is 0. The Balaban J connectivity index is 6.13. The van der Waals surface area contributed by atoms with Gasteiger partial charge in [-0.05, 0) is 0 Å². The van der Waals surface area contributed by atoms with Crippen LogP contribution in [0.2, 0.25) is 0 Å². The van der Waals surface area contributed by atoms with Crippen molar-refractivity contribution in [1.82, 2.24) is 0 Å². The number of ketones is 2. The summed E-state index contributed by atoms with van der Waals surface area (Å²) >= 11 is 0. The Morgan fingerprint density at radius 1 is 0.600 bits per heavy atom. The smallest absolute Gasteiger partial charge is 0.285 e. The van der Waals surface area contributed by atoms with E-state index in [2.05, 4.69) is 0 Å². The molecule has 0 amide bonds. The molecular formula is C9H2F14O2. The van der Waals surface area contributed by atoms with E-state index in [0.717, 1.165) is 0 Å². The number of halogens is 14. The lowest BCUT2D eigenvalue weighted by atomic mass is 9.94. The molecule has 2 nitrogen and oxygen atoms in total. The van der Waals surface area contributed by atoms with Gasteiger partial charge in [0, 0.05) is 0 Å². The molecular weight excluding hydrogens is 406 g/mol. The lowest BCUT2D eigenvalue weighted by molar-refractivity contribution is -0.346. The molecule has 0 bridgehead atoms. The minimum atomic E-state index is -7.57. The number of carbonyl (C=O) groups excluding carboxylic acids is 2. The zero-order chi connectivity index (χ0) is 20.9. The molecule has 0 spiro atoms. The molecule has 0 saturated heterocycles. The van der Waals surface area contributed by atoms with Crippen LogP contribution in [-0.2, 0) is 9.59 Å². The van der Waals surface area contributed by atoms with Gasteiger partial charge in [0.2, 0.25) is 0 Å². The van der Waals surface area contributed by atoms with Gasteiger partial charge < -0.3 is 0 Å². The Bertz CT molecular complexity index is 545. The highest BCUT2D eigenvalue weighted by atomic mass is 19.4. The van der Waals surface area contributed by atoms with Gasteiger partial charge in [0.1, 0.15) is 0 Å². The molecule has 0 aromatic rings. The first-order valence-corrected chi connectivity index (χ1v) is 5.24. The van der Waals surface area contributed by atoms with E-state index in [1.807, 2.05) is 0 Å². The topological polar surface area (TPSA) is 34.1 Å². The van der Waals surface area contributed by atoms with E-state index < -0.39 is 54.0 Å². The van der Waals surface area contributed by atoms with Crippen molar-refractivity contribution < 1.29 is 71.1 Å². The molecule has 0 aromatic heterocycles. The van der Waals surface area contributed by atoms with Gasteiger partial charge in [-0.3, -0.25) is 9.59 Å². The summed E-state index contributed by atoms with van der Waals surface area (Å²) in [6, 6.07) is 0. The van der Waals surface area contributed by atoms with Crippen LogP contribution in [0.4, 0.5) is 61.5 Å². The van der Waals surface area contributed by atoms with Crippen molar-refractivity contribution in [3.8, 4) is 0 Å². The molecule has 0 rings (SSSR count). The van der Waals surface area contributed by atoms with E-state index in [1.165, 1.54) is 0 Å². The first-order chi connectivity index (χ1) is 10.6. The largest absolute Gasteiger partial charge is 0.460 e. The van der Waals surface area contributed by atoms with Crippen LogP contribution in [0.15, 0.2) is 0 Å². The van der Waals surface area contributed by atoms with Gasteiger partial charge in [0.25, 0.3) is 11.6 Å². The Kier molecular flexibility index (Phi) is 5.57. The lowest BCUT2D eigenvalue weighted by Gasteiger charge is -2.31. The minimum absolute atomic E-state index is 3.54. The molecule has 0 heterocycles. The highest BCUT2D eigenvalue weighted by Gasteiger charge is 2.82. The van der Waals surface area contributed by atoms with Gasteiger partial charge >= 0.3 is 35.8 Å². The average molecular weight is 408 g/mol. The Hall–Kier alpha value is -1.64. The number of carbonyl (C=O) groups is 2. The average Bonchev–Trinajstić information content (AvgIpc) is 2.43. The van der Waals surface area contributed by atoms with Crippen molar-refractivity contribution in [3.05, 3.63) is 0 Å². The van der Waals surface area contributed by atoms with E-state index in [4.69, 9.17) is 0 Å². The van der Waals surface area contributed by atoms with Crippen molar-refractivity contribution in [1.29, 1.82) is 0 Å². The van der Waals surface area contributed by atoms with Crippen molar-refractivity contribution in [2.24, 2.45) is 0 Å². The molecule has 0 saturated carbocycles. The fourth-order valence-corrected chi connectivity index (χ4v) is 1.07. The van der Waals surface area contributed by atoms with Gasteiger partial charge in [-0.15, -0.1) is 0 Å². The Morgan fingerprint density at radius 3 is 1.20 bits per heavy atom. The van der Waals surface area contributed by atoms with Crippen LogP contribution in [0.5, 0.6) is 0 Å². The van der Waals surface area contributed by atoms with Crippen LogP contribution < -0.4 is 0 Å². The molecule has 0 atom stereocenters. The first-order valence-electron chi connectivity index (χ1n) is 5.24.